The van der Waals surface area contributed by atoms with E-state index in [2.05, 4.69) is 0 Å². The average Bonchev–Trinajstić information content (AvgIpc) is 2.83. The molecule has 4 nitrogen and oxygen atoms in total. The van der Waals surface area contributed by atoms with E-state index in [1.807, 2.05) is 0 Å². The lowest BCUT2D eigenvalue weighted by molar-refractivity contribution is -0.412. The SMILES string of the molecule is CC(Oc1cccc(-c2ccccc2)c1)(c1ccc(CO)c(CO)c1)C(F)(F)C(O)(F)C(F)(F)F. The quantitative estimate of drug-likeness (QED) is 0.358. The maximum absolute atomic E-state index is 15.4. The molecular formula is C25H22F6O4. The molecule has 0 aliphatic carbocycles. The second-order valence-electron chi connectivity index (χ2n) is 8.02. The van der Waals surface area contributed by atoms with E-state index >= 15 is 8.78 Å². The number of alkyl halides is 6. The number of aliphatic hydroxyl groups is 3. The lowest BCUT2D eigenvalue weighted by Crippen LogP contribution is -2.65. The molecule has 0 aliphatic rings. The monoisotopic (exact) mass is 500 g/mol. The van der Waals surface area contributed by atoms with Gasteiger partial charge in [-0.1, -0.05) is 54.6 Å². The predicted molar refractivity (Wildman–Crippen MR) is 115 cm³/mol. The Bertz CT molecular complexity index is 1160. The molecule has 0 bridgehead atoms. The summed E-state index contributed by atoms with van der Waals surface area (Å²) >= 11 is 0. The van der Waals surface area contributed by atoms with Crippen LogP contribution >= 0.6 is 0 Å². The molecule has 0 amide bonds. The fourth-order valence-electron chi connectivity index (χ4n) is 3.63. The summed E-state index contributed by atoms with van der Waals surface area (Å²) in [5.41, 5.74) is -2.94. The Morgan fingerprint density at radius 3 is 1.89 bits per heavy atom. The number of benzene rings is 3. The van der Waals surface area contributed by atoms with Gasteiger partial charge in [0.15, 0.2) is 0 Å². The van der Waals surface area contributed by atoms with Gasteiger partial charge >= 0.3 is 18.0 Å². The van der Waals surface area contributed by atoms with Gasteiger partial charge in [0, 0.05) is 5.56 Å². The smallest absolute Gasteiger partial charge is 0.454 e. The van der Waals surface area contributed by atoms with Crippen molar-refractivity contribution < 1.29 is 46.4 Å². The van der Waals surface area contributed by atoms with Crippen molar-refractivity contribution in [3.05, 3.63) is 89.5 Å². The maximum atomic E-state index is 15.4. The van der Waals surface area contributed by atoms with Crippen molar-refractivity contribution in [2.45, 2.75) is 43.7 Å². The minimum Gasteiger partial charge on any atom is -0.476 e. The molecule has 3 aromatic rings. The van der Waals surface area contributed by atoms with Crippen LogP contribution in [0.1, 0.15) is 23.6 Å². The van der Waals surface area contributed by atoms with Gasteiger partial charge in [-0.15, -0.1) is 0 Å². The lowest BCUT2D eigenvalue weighted by atomic mass is 9.83. The van der Waals surface area contributed by atoms with Gasteiger partial charge in [0.05, 0.1) is 13.2 Å². The fourth-order valence-corrected chi connectivity index (χ4v) is 3.63. The van der Waals surface area contributed by atoms with E-state index in [0.717, 1.165) is 18.2 Å². The van der Waals surface area contributed by atoms with Crippen LogP contribution in [-0.4, -0.2) is 33.3 Å². The number of aliphatic hydroxyl groups excluding tert-OH is 2. The van der Waals surface area contributed by atoms with E-state index in [1.165, 1.54) is 18.2 Å². The molecule has 3 N–H and O–H groups in total. The lowest BCUT2D eigenvalue weighted by Gasteiger charge is -2.43. The van der Waals surface area contributed by atoms with E-state index in [0.29, 0.717) is 18.1 Å². The summed E-state index contributed by atoms with van der Waals surface area (Å²) < 4.78 is 90.3. The first-order chi connectivity index (χ1) is 16.3. The Morgan fingerprint density at radius 2 is 1.31 bits per heavy atom. The van der Waals surface area contributed by atoms with Crippen molar-refractivity contribution in [1.29, 1.82) is 0 Å². The molecule has 3 aromatic carbocycles. The van der Waals surface area contributed by atoms with Crippen LogP contribution in [0.4, 0.5) is 26.3 Å². The molecule has 0 saturated carbocycles. The van der Waals surface area contributed by atoms with Gasteiger partial charge in [-0.25, -0.2) is 0 Å². The van der Waals surface area contributed by atoms with Crippen molar-refractivity contribution in [3.8, 4) is 16.9 Å². The summed E-state index contributed by atoms with van der Waals surface area (Å²) in [4.78, 5) is 0. The highest BCUT2D eigenvalue weighted by Gasteiger charge is 2.78. The predicted octanol–water partition coefficient (Wildman–Crippen LogP) is 5.49. The minimum absolute atomic E-state index is 0.0944. The van der Waals surface area contributed by atoms with Crippen LogP contribution in [0.25, 0.3) is 11.1 Å². The molecule has 188 valence electrons. The summed E-state index contributed by atoms with van der Waals surface area (Å²) in [7, 11) is 0. The molecular weight excluding hydrogens is 478 g/mol. The first-order valence-electron chi connectivity index (χ1n) is 10.3. The molecule has 35 heavy (non-hydrogen) atoms. The van der Waals surface area contributed by atoms with Gasteiger partial charge in [0.25, 0.3) is 0 Å². The third-order valence-electron chi connectivity index (χ3n) is 5.75. The van der Waals surface area contributed by atoms with E-state index < -0.39 is 42.3 Å². The van der Waals surface area contributed by atoms with Gasteiger partial charge in [0.2, 0.25) is 5.60 Å². The summed E-state index contributed by atoms with van der Waals surface area (Å²) in [6, 6.07) is 17.0. The molecule has 10 heteroatoms. The topological polar surface area (TPSA) is 69.9 Å². The Hall–Kier alpha value is -3.08. The largest absolute Gasteiger partial charge is 0.476 e. The van der Waals surface area contributed by atoms with Gasteiger partial charge in [-0.3, -0.25) is 0 Å². The highest BCUT2D eigenvalue weighted by atomic mass is 19.4. The molecule has 3 rings (SSSR count). The van der Waals surface area contributed by atoms with E-state index in [1.54, 1.807) is 36.4 Å². The minimum atomic E-state index is -6.36. The number of rotatable bonds is 8. The van der Waals surface area contributed by atoms with Gasteiger partial charge < -0.3 is 20.1 Å². The Labute approximate surface area is 197 Å². The Kier molecular flexibility index (Phi) is 7.21. The van der Waals surface area contributed by atoms with E-state index in [-0.39, 0.29) is 16.9 Å². The third-order valence-corrected chi connectivity index (χ3v) is 5.75. The second-order valence-corrected chi connectivity index (χ2v) is 8.02. The number of halogens is 6. The van der Waals surface area contributed by atoms with Gasteiger partial charge in [-0.2, -0.15) is 26.3 Å². The van der Waals surface area contributed by atoms with Crippen LogP contribution in [0.3, 0.4) is 0 Å². The number of ether oxygens (including phenoxy) is 1. The molecule has 0 fully saturated rings. The molecule has 2 unspecified atom stereocenters. The zero-order chi connectivity index (χ0) is 26.1. The zero-order valence-corrected chi connectivity index (χ0v) is 18.4. The van der Waals surface area contributed by atoms with Crippen molar-refractivity contribution in [1.82, 2.24) is 0 Å². The van der Waals surface area contributed by atoms with Crippen LogP contribution in [0, 0.1) is 0 Å². The molecule has 0 radical (unpaired) electrons. The fraction of sp³-hybridized carbons (Fsp3) is 0.280. The van der Waals surface area contributed by atoms with Crippen molar-refractivity contribution >= 4 is 0 Å². The summed E-state index contributed by atoms with van der Waals surface area (Å²) in [6.45, 7) is -0.847. The molecule has 0 heterocycles. The Balaban J connectivity index is 2.20. The first kappa shape index (κ1) is 26.5. The van der Waals surface area contributed by atoms with E-state index in [9.17, 15) is 32.9 Å². The van der Waals surface area contributed by atoms with E-state index in [4.69, 9.17) is 4.74 Å². The normalized spacial score (nSPS) is 15.8. The summed E-state index contributed by atoms with van der Waals surface area (Å²) in [6.07, 6.45) is -6.36. The number of hydrogen-bond donors (Lipinski definition) is 3. The molecule has 0 saturated heterocycles. The zero-order valence-electron chi connectivity index (χ0n) is 18.4. The van der Waals surface area contributed by atoms with Crippen LogP contribution < -0.4 is 4.74 Å². The van der Waals surface area contributed by atoms with Crippen molar-refractivity contribution in [2.75, 3.05) is 0 Å². The standard InChI is InChI=1S/C25H22F6O4/c1-22(23(26,27)24(28,34)25(29,30)31,20-11-10-18(14-32)19(12-20)15-33)35-21-9-5-8-17(13-21)16-6-3-2-4-7-16/h2-13,32-34H,14-15H2,1H3. The molecule has 0 aromatic heterocycles. The average molecular weight is 500 g/mol. The van der Waals surface area contributed by atoms with Gasteiger partial charge in [-0.05, 0) is 47.4 Å². The Morgan fingerprint density at radius 1 is 0.714 bits per heavy atom. The summed E-state index contributed by atoms with van der Waals surface area (Å²) in [5.74, 6) is -11.9. The van der Waals surface area contributed by atoms with Crippen LogP contribution in [0.15, 0.2) is 72.8 Å². The molecule has 2 atom stereocenters. The highest BCUT2D eigenvalue weighted by molar-refractivity contribution is 5.64. The summed E-state index contributed by atoms with van der Waals surface area (Å²) in [5, 5.41) is 28.3. The number of hydrogen-bond acceptors (Lipinski definition) is 4. The molecule has 0 spiro atoms. The maximum Gasteiger partial charge on any atom is 0.454 e. The van der Waals surface area contributed by atoms with Crippen LogP contribution in [0.5, 0.6) is 5.75 Å². The van der Waals surface area contributed by atoms with Gasteiger partial charge in [0.1, 0.15) is 5.75 Å². The third kappa shape index (κ3) is 4.73. The second kappa shape index (κ2) is 9.52. The van der Waals surface area contributed by atoms with Crippen molar-refractivity contribution in [3.63, 3.8) is 0 Å². The molecule has 0 aliphatic heterocycles. The first-order valence-corrected chi connectivity index (χ1v) is 10.3. The van der Waals surface area contributed by atoms with Crippen LogP contribution in [0.2, 0.25) is 0 Å². The highest BCUT2D eigenvalue weighted by Crippen LogP contribution is 2.53. The van der Waals surface area contributed by atoms with Crippen molar-refractivity contribution in [2.24, 2.45) is 0 Å². The van der Waals surface area contributed by atoms with Crippen LogP contribution in [-0.2, 0) is 18.8 Å².